The van der Waals surface area contributed by atoms with E-state index in [2.05, 4.69) is 49.4 Å². The van der Waals surface area contributed by atoms with Crippen LogP contribution in [0.15, 0.2) is 42.5 Å². The maximum atomic E-state index is 6.19. The molecule has 3 heteroatoms. The van der Waals surface area contributed by atoms with Crippen LogP contribution in [0.2, 0.25) is 6.04 Å². The lowest BCUT2D eigenvalue weighted by molar-refractivity contribution is 0.131. The van der Waals surface area contributed by atoms with E-state index in [1.807, 2.05) is 6.92 Å². The normalized spacial score (nSPS) is 12.7. The Morgan fingerprint density at radius 1 is 0.950 bits per heavy atom. The Bertz CT molecular complexity index is 522. The molecular formula is C17H24O2Si. The summed E-state index contributed by atoms with van der Waals surface area (Å²) in [6.07, 6.45) is 0.988. The van der Waals surface area contributed by atoms with Crippen molar-refractivity contribution >= 4 is 25.0 Å². The van der Waals surface area contributed by atoms with E-state index in [1.54, 1.807) is 0 Å². The minimum atomic E-state index is -1.33. The Hall–Kier alpha value is -1.16. The fraction of sp³-hybridized carbons (Fsp3) is 0.412. The van der Waals surface area contributed by atoms with Crippen molar-refractivity contribution in [2.75, 3.05) is 19.8 Å². The quantitative estimate of drug-likeness (QED) is 0.548. The second-order valence-electron chi connectivity index (χ2n) is 4.89. The molecule has 2 aromatic rings. The first-order valence-electron chi connectivity index (χ1n) is 7.53. The van der Waals surface area contributed by atoms with Gasteiger partial charge in [0.15, 0.2) is 0 Å². The lowest BCUT2D eigenvalue weighted by Crippen LogP contribution is -2.33. The van der Waals surface area contributed by atoms with Gasteiger partial charge in [-0.3, -0.25) is 0 Å². The van der Waals surface area contributed by atoms with Gasteiger partial charge in [-0.2, -0.15) is 0 Å². The molecule has 0 aliphatic carbocycles. The molecule has 0 aromatic heterocycles. The van der Waals surface area contributed by atoms with Gasteiger partial charge in [0.2, 0.25) is 9.04 Å². The Morgan fingerprint density at radius 3 is 2.55 bits per heavy atom. The van der Waals surface area contributed by atoms with Gasteiger partial charge < -0.3 is 9.16 Å². The summed E-state index contributed by atoms with van der Waals surface area (Å²) in [4.78, 5) is 0. The molecule has 0 saturated heterocycles. The maximum Gasteiger partial charge on any atom is 0.208 e. The fourth-order valence-electron chi connectivity index (χ4n) is 2.49. The standard InChI is InChI=1S/C17H24O2Si/c1-3-18-13-8-14-19-20(4-2)17-12-7-10-15-9-5-6-11-16(15)17/h5-7,9-12,20H,3-4,8,13-14H2,1-2H3. The molecule has 0 saturated carbocycles. The summed E-state index contributed by atoms with van der Waals surface area (Å²) in [7, 11) is -1.33. The van der Waals surface area contributed by atoms with Gasteiger partial charge in [0, 0.05) is 19.8 Å². The summed E-state index contributed by atoms with van der Waals surface area (Å²) in [5.41, 5.74) is 0. The van der Waals surface area contributed by atoms with Crippen molar-refractivity contribution in [3.63, 3.8) is 0 Å². The van der Waals surface area contributed by atoms with Crippen molar-refractivity contribution in [1.82, 2.24) is 0 Å². The zero-order chi connectivity index (χ0) is 14.2. The van der Waals surface area contributed by atoms with Crippen LogP contribution in [0.3, 0.4) is 0 Å². The van der Waals surface area contributed by atoms with Gasteiger partial charge in [-0.1, -0.05) is 49.4 Å². The van der Waals surface area contributed by atoms with Crippen molar-refractivity contribution < 1.29 is 9.16 Å². The number of hydrogen-bond donors (Lipinski definition) is 0. The minimum absolute atomic E-state index is 0.790. The molecule has 2 rings (SSSR count). The molecule has 0 aliphatic rings. The minimum Gasteiger partial charge on any atom is -0.415 e. The van der Waals surface area contributed by atoms with Crippen LogP contribution in [0.4, 0.5) is 0 Å². The van der Waals surface area contributed by atoms with Gasteiger partial charge in [-0.05, 0) is 35.3 Å². The molecule has 20 heavy (non-hydrogen) atoms. The van der Waals surface area contributed by atoms with E-state index in [0.717, 1.165) is 32.3 Å². The first-order chi connectivity index (χ1) is 9.86. The van der Waals surface area contributed by atoms with Gasteiger partial charge in [0.1, 0.15) is 0 Å². The fourth-order valence-corrected chi connectivity index (χ4v) is 4.73. The molecule has 0 aliphatic heterocycles. The average molecular weight is 288 g/mol. The predicted molar refractivity (Wildman–Crippen MR) is 88.3 cm³/mol. The van der Waals surface area contributed by atoms with Crippen LogP contribution in [0.1, 0.15) is 20.3 Å². The molecule has 0 radical (unpaired) electrons. The summed E-state index contributed by atoms with van der Waals surface area (Å²) in [5.74, 6) is 0. The van der Waals surface area contributed by atoms with Crippen molar-refractivity contribution in [1.29, 1.82) is 0 Å². The van der Waals surface area contributed by atoms with E-state index in [9.17, 15) is 0 Å². The van der Waals surface area contributed by atoms with Crippen LogP contribution < -0.4 is 5.19 Å². The summed E-state index contributed by atoms with van der Waals surface area (Å²) in [6.45, 7) is 6.67. The average Bonchev–Trinajstić information content (AvgIpc) is 2.51. The molecule has 0 N–H and O–H groups in total. The predicted octanol–water partition coefficient (Wildman–Crippen LogP) is 3.23. The molecule has 1 atom stereocenters. The van der Waals surface area contributed by atoms with E-state index in [0.29, 0.717) is 0 Å². The van der Waals surface area contributed by atoms with Gasteiger partial charge in [0.05, 0.1) is 0 Å². The highest BCUT2D eigenvalue weighted by Crippen LogP contribution is 2.13. The van der Waals surface area contributed by atoms with Crippen molar-refractivity contribution in [2.45, 2.75) is 26.3 Å². The third kappa shape index (κ3) is 3.92. The number of hydrogen-bond acceptors (Lipinski definition) is 2. The van der Waals surface area contributed by atoms with Crippen molar-refractivity contribution in [2.24, 2.45) is 0 Å². The Kier molecular flexibility index (Phi) is 6.24. The molecule has 108 valence electrons. The van der Waals surface area contributed by atoms with Gasteiger partial charge in [-0.15, -0.1) is 0 Å². The summed E-state index contributed by atoms with van der Waals surface area (Å²) in [5, 5.41) is 4.11. The summed E-state index contributed by atoms with van der Waals surface area (Å²) < 4.78 is 11.6. The monoisotopic (exact) mass is 288 g/mol. The van der Waals surface area contributed by atoms with Crippen molar-refractivity contribution in [3.05, 3.63) is 42.5 Å². The molecular weight excluding hydrogens is 264 g/mol. The number of benzene rings is 2. The van der Waals surface area contributed by atoms with E-state index in [4.69, 9.17) is 9.16 Å². The SMILES string of the molecule is CCOCCCO[SiH](CC)c1cccc2ccccc12. The molecule has 0 fully saturated rings. The van der Waals surface area contributed by atoms with E-state index >= 15 is 0 Å². The largest absolute Gasteiger partial charge is 0.415 e. The first kappa shape index (κ1) is 15.2. The maximum absolute atomic E-state index is 6.19. The third-order valence-electron chi connectivity index (χ3n) is 3.50. The highest BCUT2D eigenvalue weighted by atomic mass is 28.3. The van der Waals surface area contributed by atoms with Gasteiger partial charge >= 0.3 is 0 Å². The second-order valence-corrected chi connectivity index (χ2v) is 7.64. The van der Waals surface area contributed by atoms with Crippen LogP contribution in [-0.2, 0) is 9.16 Å². The number of rotatable bonds is 8. The second kappa shape index (κ2) is 8.20. The third-order valence-corrected chi connectivity index (χ3v) is 6.07. The van der Waals surface area contributed by atoms with Gasteiger partial charge in [0.25, 0.3) is 0 Å². The molecule has 1 unspecified atom stereocenters. The summed E-state index contributed by atoms with van der Waals surface area (Å²) in [6, 6.07) is 16.3. The molecule has 0 amide bonds. The zero-order valence-corrected chi connectivity index (χ0v) is 13.6. The first-order valence-corrected chi connectivity index (χ1v) is 9.40. The van der Waals surface area contributed by atoms with E-state index < -0.39 is 9.04 Å². The topological polar surface area (TPSA) is 18.5 Å². The molecule has 2 aromatic carbocycles. The number of fused-ring (bicyclic) bond motifs is 1. The molecule has 0 spiro atoms. The summed E-state index contributed by atoms with van der Waals surface area (Å²) >= 11 is 0. The van der Waals surface area contributed by atoms with Crippen LogP contribution in [0.25, 0.3) is 10.8 Å². The molecule has 0 heterocycles. The van der Waals surface area contributed by atoms with E-state index in [1.165, 1.54) is 16.0 Å². The van der Waals surface area contributed by atoms with Crippen LogP contribution in [-0.4, -0.2) is 28.9 Å². The number of ether oxygens (including phenoxy) is 1. The highest BCUT2D eigenvalue weighted by Gasteiger charge is 2.15. The van der Waals surface area contributed by atoms with Crippen LogP contribution in [0, 0.1) is 0 Å². The Balaban J connectivity index is 2.05. The van der Waals surface area contributed by atoms with Crippen LogP contribution in [0.5, 0.6) is 0 Å². The van der Waals surface area contributed by atoms with E-state index in [-0.39, 0.29) is 0 Å². The smallest absolute Gasteiger partial charge is 0.208 e. The molecule has 0 bridgehead atoms. The highest BCUT2D eigenvalue weighted by molar-refractivity contribution is 6.70. The lowest BCUT2D eigenvalue weighted by atomic mass is 10.1. The Labute approximate surface area is 123 Å². The lowest BCUT2D eigenvalue weighted by Gasteiger charge is -2.17. The zero-order valence-electron chi connectivity index (χ0n) is 12.5. The van der Waals surface area contributed by atoms with Gasteiger partial charge in [-0.25, -0.2) is 0 Å². The molecule has 2 nitrogen and oxygen atoms in total. The van der Waals surface area contributed by atoms with Crippen molar-refractivity contribution in [3.8, 4) is 0 Å². The van der Waals surface area contributed by atoms with Crippen LogP contribution >= 0.6 is 0 Å². The Morgan fingerprint density at radius 2 is 1.75 bits per heavy atom.